The average Bonchev–Trinajstić information content (AvgIpc) is 3.01. The van der Waals surface area contributed by atoms with Crippen LogP contribution in [0.15, 0.2) is 65.8 Å². The molecule has 3 rings (SSSR count). The van der Waals surface area contributed by atoms with Crippen molar-refractivity contribution < 1.29 is 14.3 Å². The van der Waals surface area contributed by atoms with Crippen LogP contribution >= 0.6 is 0 Å². The molecule has 0 N–H and O–H groups in total. The van der Waals surface area contributed by atoms with E-state index in [-0.39, 0.29) is 12.2 Å². The molecule has 0 saturated carbocycles. The van der Waals surface area contributed by atoms with Crippen molar-refractivity contribution >= 4 is 12.3 Å². The maximum Gasteiger partial charge on any atom is 0.430 e. The molecule has 0 spiro atoms. The van der Waals surface area contributed by atoms with Crippen LogP contribution in [0, 0.1) is 0 Å². The van der Waals surface area contributed by atoms with Crippen LogP contribution in [-0.4, -0.2) is 36.6 Å². The molecule has 1 saturated heterocycles. The van der Waals surface area contributed by atoms with Crippen LogP contribution in [0.3, 0.4) is 0 Å². The Kier molecular flexibility index (Phi) is 6.17. The van der Waals surface area contributed by atoms with Crippen molar-refractivity contribution in [3.05, 3.63) is 71.8 Å². The highest BCUT2D eigenvalue weighted by Crippen LogP contribution is 2.16. The normalized spacial score (nSPS) is 17.2. The van der Waals surface area contributed by atoms with Crippen molar-refractivity contribution in [3.8, 4) is 0 Å². The molecule has 130 valence electrons. The number of amides is 1. The predicted molar refractivity (Wildman–Crippen MR) is 96.3 cm³/mol. The molecule has 1 fully saturated rings. The molecular weight excluding hydrogens is 316 g/mol. The first-order valence-electron chi connectivity index (χ1n) is 8.50. The third-order valence-corrected chi connectivity index (χ3v) is 3.93. The summed E-state index contributed by atoms with van der Waals surface area (Å²) in [6.45, 7) is 1.75. The molecule has 25 heavy (non-hydrogen) atoms. The van der Waals surface area contributed by atoms with Gasteiger partial charge in [-0.1, -0.05) is 60.7 Å². The number of rotatable bonds is 8. The van der Waals surface area contributed by atoms with Crippen molar-refractivity contribution in [2.24, 2.45) is 5.10 Å². The first-order chi connectivity index (χ1) is 12.3. The Bertz CT molecular complexity index is 689. The topological polar surface area (TPSA) is 51.1 Å². The Labute approximate surface area is 147 Å². The van der Waals surface area contributed by atoms with Gasteiger partial charge in [0.15, 0.2) is 0 Å². The van der Waals surface area contributed by atoms with Crippen molar-refractivity contribution in [1.29, 1.82) is 0 Å². The molecule has 0 aliphatic carbocycles. The largest absolute Gasteiger partial charge is 0.443 e. The molecule has 0 aromatic heterocycles. The summed E-state index contributed by atoms with van der Waals surface area (Å²) >= 11 is 0. The fraction of sp³-hybridized carbons (Fsp3) is 0.300. The standard InChI is InChI=1S/C20H22N2O3/c23-20-22(21-14-17-8-3-1-4-9-17)15-19(25-20)12-7-13-24-16-18-10-5-2-6-11-18/h1-6,8-11,14,19H,7,12-13,15-16H2. The highest BCUT2D eigenvalue weighted by molar-refractivity contribution is 5.81. The number of hydrazone groups is 1. The third kappa shape index (κ3) is 5.43. The third-order valence-electron chi connectivity index (χ3n) is 3.93. The van der Waals surface area contributed by atoms with Crippen LogP contribution in [0.1, 0.15) is 24.0 Å². The molecular formula is C20H22N2O3. The van der Waals surface area contributed by atoms with Crippen molar-refractivity contribution in [2.45, 2.75) is 25.6 Å². The van der Waals surface area contributed by atoms with E-state index in [4.69, 9.17) is 9.47 Å². The van der Waals surface area contributed by atoms with E-state index in [2.05, 4.69) is 5.10 Å². The van der Waals surface area contributed by atoms with Gasteiger partial charge in [-0.25, -0.2) is 4.79 Å². The predicted octanol–water partition coefficient (Wildman–Crippen LogP) is 3.84. The van der Waals surface area contributed by atoms with Gasteiger partial charge in [0.25, 0.3) is 0 Å². The van der Waals surface area contributed by atoms with Gasteiger partial charge in [-0.2, -0.15) is 10.1 Å². The fourth-order valence-corrected chi connectivity index (χ4v) is 2.61. The lowest BCUT2D eigenvalue weighted by Crippen LogP contribution is -2.19. The highest BCUT2D eigenvalue weighted by atomic mass is 16.6. The quantitative estimate of drug-likeness (QED) is 0.543. The number of cyclic esters (lactones) is 1. The van der Waals surface area contributed by atoms with E-state index in [0.29, 0.717) is 19.8 Å². The zero-order chi connectivity index (χ0) is 17.3. The van der Waals surface area contributed by atoms with Crippen LogP contribution < -0.4 is 0 Å². The summed E-state index contributed by atoms with van der Waals surface area (Å²) in [5.41, 5.74) is 2.12. The van der Waals surface area contributed by atoms with Crippen LogP contribution in [0.4, 0.5) is 4.79 Å². The molecule has 1 aliphatic rings. The van der Waals surface area contributed by atoms with E-state index >= 15 is 0 Å². The number of hydrogen-bond acceptors (Lipinski definition) is 4. The van der Waals surface area contributed by atoms with Crippen molar-refractivity contribution in [1.82, 2.24) is 5.01 Å². The number of hydrogen-bond donors (Lipinski definition) is 0. The van der Waals surface area contributed by atoms with E-state index < -0.39 is 0 Å². The second-order valence-electron chi connectivity index (χ2n) is 5.92. The minimum absolute atomic E-state index is 0.124. The zero-order valence-electron chi connectivity index (χ0n) is 14.1. The summed E-state index contributed by atoms with van der Waals surface area (Å²) in [4.78, 5) is 11.8. The zero-order valence-corrected chi connectivity index (χ0v) is 14.1. The summed E-state index contributed by atoms with van der Waals surface area (Å²) in [6.07, 6.45) is 2.79. The van der Waals surface area contributed by atoms with E-state index in [9.17, 15) is 4.79 Å². The minimum Gasteiger partial charge on any atom is -0.443 e. The van der Waals surface area contributed by atoms with Crippen molar-refractivity contribution in [3.63, 3.8) is 0 Å². The molecule has 2 aromatic rings. The first-order valence-corrected chi connectivity index (χ1v) is 8.50. The van der Waals surface area contributed by atoms with Crippen LogP contribution in [0.25, 0.3) is 0 Å². The van der Waals surface area contributed by atoms with E-state index in [1.54, 1.807) is 6.21 Å². The minimum atomic E-state index is -0.387. The van der Waals surface area contributed by atoms with Gasteiger partial charge in [0.05, 0.1) is 19.4 Å². The maximum absolute atomic E-state index is 11.8. The molecule has 1 heterocycles. The number of carbonyl (C=O) groups is 1. The Morgan fingerprint density at radius 2 is 1.84 bits per heavy atom. The number of ether oxygens (including phenoxy) is 2. The highest BCUT2D eigenvalue weighted by Gasteiger charge is 2.30. The number of benzene rings is 2. The summed E-state index contributed by atoms with van der Waals surface area (Å²) in [5.74, 6) is 0. The van der Waals surface area contributed by atoms with Gasteiger partial charge < -0.3 is 9.47 Å². The number of nitrogens with zero attached hydrogens (tertiary/aromatic N) is 2. The van der Waals surface area contributed by atoms with Gasteiger partial charge in [0.2, 0.25) is 0 Å². The molecule has 2 aromatic carbocycles. The second kappa shape index (κ2) is 8.99. The Balaban J connectivity index is 1.36. The lowest BCUT2D eigenvalue weighted by Gasteiger charge is -2.08. The first kappa shape index (κ1) is 17.2. The molecule has 1 atom stereocenters. The lowest BCUT2D eigenvalue weighted by molar-refractivity contribution is 0.0967. The maximum atomic E-state index is 11.8. The van der Waals surface area contributed by atoms with Crippen LogP contribution in [0.5, 0.6) is 0 Å². The average molecular weight is 338 g/mol. The van der Waals surface area contributed by atoms with E-state index in [1.165, 1.54) is 5.01 Å². The Hall–Kier alpha value is -2.66. The van der Waals surface area contributed by atoms with Crippen LogP contribution in [0.2, 0.25) is 0 Å². The second-order valence-corrected chi connectivity index (χ2v) is 5.92. The Morgan fingerprint density at radius 3 is 2.60 bits per heavy atom. The summed E-state index contributed by atoms with van der Waals surface area (Å²) in [5, 5.41) is 5.59. The molecule has 1 amide bonds. The smallest absolute Gasteiger partial charge is 0.430 e. The fourth-order valence-electron chi connectivity index (χ4n) is 2.61. The van der Waals surface area contributed by atoms with E-state index in [0.717, 1.165) is 24.0 Å². The SMILES string of the molecule is O=C1OC(CCCOCc2ccccc2)CN1N=Cc1ccccc1. The van der Waals surface area contributed by atoms with Gasteiger partial charge in [0.1, 0.15) is 6.10 Å². The van der Waals surface area contributed by atoms with Gasteiger partial charge >= 0.3 is 6.09 Å². The summed E-state index contributed by atoms with van der Waals surface area (Å²) in [7, 11) is 0. The van der Waals surface area contributed by atoms with Gasteiger partial charge in [-0.3, -0.25) is 0 Å². The molecule has 1 unspecified atom stereocenters. The van der Waals surface area contributed by atoms with Crippen LogP contribution in [-0.2, 0) is 16.1 Å². The molecule has 0 bridgehead atoms. The molecule has 0 radical (unpaired) electrons. The van der Waals surface area contributed by atoms with Gasteiger partial charge in [-0.15, -0.1) is 0 Å². The molecule has 1 aliphatic heterocycles. The van der Waals surface area contributed by atoms with Gasteiger partial charge in [0, 0.05) is 6.61 Å². The van der Waals surface area contributed by atoms with E-state index in [1.807, 2.05) is 60.7 Å². The summed E-state index contributed by atoms with van der Waals surface area (Å²) in [6, 6.07) is 19.8. The summed E-state index contributed by atoms with van der Waals surface area (Å²) < 4.78 is 11.0. The lowest BCUT2D eigenvalue weighted by atomic mass is 10.2. The van der Waals surface area contributed by atoms with Gasteiger partial charge in [-0.05, 0) is 24.0 Å². The monoisotopic (exact) mass is 338 g/mol. The molecule has 5 heteroatoms. The van der Waals surface area contributed by atoms with Crippen molar-refractivity contribution in [2.75, 3.05) is 13.2 Å². The number of carbonyl (C=O) groups excluding carboxylic acids is 1. The molecule has 5 nitrogen and oxygen atoms in total. The Morgan fingerprint density at radius 1 is 1.12 bits per heavy atom.